The standard InChI is InChI=1S/C22H27N3O3S/c1-13(2)28-15-7-5-14(6-8-15)10-23-11-18-24-20(26)19-16-9-22(3,4)27-12-17(16)29-21(19)25-18/h5-8,13,23H,9-12H2,1-4H3,(H,24,25,26). The van der Waals surface area contributed by atoms with Gasteiger partial charge in [0.1, 0.15) is 16.4 Å². The smallest absolute Gasteiger partial charge is 0.259 e. The first-order chi connectivity index (χ1) is 13.8. The monoisotopic (exact) mass is 413 g/mol. The zero-order valence-electron chi connectivity index (χ0n) is 17.3. The molecule has 0 spiro atoms. The number of H-pyrrole nitrogens is 1. The summed E-state index contributed by atoms with van der Waals surface area (Å²) in [6, 6.07) is 8.03. The second-order valence-electron chi connectivity index (χ2n) is 8.34. The fourth-order valence-corrected chi connectivity index (χ4v) is 4.69. The van der Waals surface area contributed by atoms with Crippen LogP contribution in [0.15, 0.2) is 29.1 Å². The molecule has 1 aromatic carbocycles. The molecule has 1 aliphatic heterocycles. The molecule has 0 atom stereocenters. The van der Waals surface area contributed by atoms with Crippen LogP contribution in [-0.4, -0.2) is 21.7 Å². The molecule has 1 aliphatic rings. The van der Waals surface area contributed by atoms with Crippen molar-refractivity contribution in [3.05, 3.63) is 56.4 Å². The number of fused-ring (bicyclic) bond motifs is 3. The maximum absolute atomic E-state index is 12.7. The van der Waals surface area contributed by atoms with Crippen LogP contribution in [-0.2, 0) is 30.9 Å². The third kappa shape index (κ3) is 4.52. The van der Waals surface area contributed by atoms with Crippen LogP contribution < -0.4 is 15.6 Å². The SMILES string of the molecule is CC(C)Oc1ccc(CNCc2nc3sc4c(c3c(=O)[nH]2)CC(C)(C)OC4)cc1. The quantitative estimate of drug-likeness (QED) is 0.641. The summed E-state index contributed by atoms with van der Waals surface area (Å²) in [5.41, 5.74) is 1.94. The molecule has 0 radical (unpaired) electrons. The molecule has 2 aromatic heterocycles. The summed E-state index contributed by atoms with van der Waals surface area (Å²) < 4.78 is 11.6. The van der Waals surface area contributed by atoms with Gasteiger partial charge in [-0.25, -0.2) is 4.98 Å². The Balaban J connectivity index is 1.45. The first kappa shape index (κ1) is 20.1. The van der Waals surface area contributed by atoms with Crippen molar-refractivity contribution in [1.82, 2.24) is 15.3 Å². The Morgan fingerprint density at radius 3 is 2.76 bits per heavy atom. The van der Waals surface area contributed by atoms with Gasteiger partial charge >= 0.3 is 0 Å². The van der Waals surface area contributed by atoms with Gasteiger partial charge in [-0.3, -0.25) is 4.79 Å². The maximum atomic E-state index is 12.7. The van der Waals surface area contributed by atoms with E-state index in [4.69, 9.17) is 14.5 Å². The fraction of sp³-hybridized carbons (Fsp3) is 0.455. The summed E-state index contributed by atoms with van der Waals surface area (Å²) in [6.45, 7) is 9.87. The summed E-state index contributed by atoms with van der Waals surface area (Å²) in [6.07, 6.45) is 0.902. The van der Waals surface area contributed by atoms with Crippen molar-refractivity contribution in [2.24, 2.45) is 0 Å². The van der Waals surface area contributed by atoms with E-state index in [0.29, 0.717) is 25.5 Å². The van der Waals surface area contributed by atoms with E-state index >= 15 is 0 Å². The van der Waals surface area contributed by atoms with E-state index in [1.165, 1.54) is 0 Å². The van der Waals surface area contributed by atoms with Crippen LogP contribution in [0, 0.1) is 0 Å². The number of benzene rings is 1. The van der Waals surface area contributed by atoms with Gasteiger partial charge in [0.25, 0.3) is 5.56 Å². The first-order valence-corrected chi connectivity index (χ1v) is 10.8. The molecule has 3 aromatic rings. The molecule has 6 nitrogen and oxygen atoms in total. The van der Waals surface area contributed by atoms with Crippen molar-refractivity contribution in [2.45, 2.75) is 65.5 Å². The van der Waals surface area contributed by atoms with E-state index in [9.17, 15) is 4.79 Å². The van der Waals surface area contributed by atoms with Crippen molar-refractivity contribution < 1.29 is 9.47 Å². The van der Waals surface area contributed by atoms with Gasteiger partial charge in [-0.1, -0.05) is 12.1 Å². The summed E-state index contributed by atoms with van der Waals surface area (Å²) in [7, 11) is 0. The minimum atomic E-state index is -0.247. The average Bonchev–Trinajstić information content (AvgIpc) is 2.99. The van der Waals surface area contributed by atoms with Gasteiger partial charge in [0.15, 0.2) is 0 Å². The Bertz CT molecular complexity index is 1070. The number of ether oxygens (including phenoxy) is 2. The number of hydrogen-bond donors (Lipinski definition) is 2. The maximum Gasteiger partial charge on any atom is 0.259 e. The minimum Gasteiger partial charge on any atom is -0.491 e. The Morgan fingerprint density at radius 1 is 1.28 bits per heavy atom. The van der Waals surface area contributed by atoms with E-state index in [0.717, 1.165) is 38.4 Å². The van der Waals surface area contributed by atoms with Crippen LogP contribution in [0.25, 0.3) is 10.2 Å². The highest BCUT2D eigenvalue weighted by Gasteiger charge is 2.30. The van der Waals surface area contributed by atoms with E-state index in [1.807, 2.05) is 38.1 Å². The lowest BCUT2D eigenvalue weighted by atomic mass is 9.94. The topological polar surface area (TPSA) is 76.2 Å². The van der Waals surface area contributed by atoms with E-state index in [-0.39, 0.29) is 17.3 Å². The first-order valence-electron chi connectivity index (χ1n) is 9.94. The Kier molecular flexibility index (Phi) is 5.46. The molecular weight excluding hydrogens is 386 g/mol. The molecule has 0 bridgehead atoms. The molecule has 154 valence electrons. The fourth-order valence-electron chi connectivity index (χ4n) is 3.56. The number of nitrogens with one attached hydrogen (secondary N) is 2. The largest absolute Gasteiger partial charge is 0.491 e. The molecule has 7 heteroatoms. The van der Waals surface area contributed by atoms with Crippen LogP contribution in [0.2, 0.25) is 0 Å². The lowest BCUT2D eigenvalue weighted by molar-refractivity contribution is -0.0379. The van der Waals surface area contributed by atoms with Crippen LogP contribution in [0.1, 0.15) is 49.5 Å². The number of rotatable bonds is 6. The van der Waals surface area contributed by atoms with Crippen LogP contribution in [0.5, 0.6) is 5.75 Å². The molecule has 2 N–H and O–H groups in total. The van der Waals surface area contributed by atoms with Gasteiger partial charge in [-0.2, -0.15) is 0 Å². The number of thiophene rings is 1. The molecule has 0 aliphatic carbocycles. The van der Waals surface area contributed by atoms with E-state index in [2.05, 4.69) is 24.1 Å². The van der Waals surface area contributed by atoms with Crippen LogP contribution in [0.3, 0.4) is 0 Å². The molecule has 0 amide bonds. The van der Waals surface area contributed by atoms with Crippen molar-refractivity contribution >= 4 is 21.6 Å². The lowest BCUT2D eigenvalue weighted by Gasteiger charge is -2.29. The van der Waals surface area contributed by atoms with Gasteiger partial charge in [0, 0.05) is 17.8 Å². The summed E-state index contributed by atoms with van der Waals surface area (Å²) in [5, 5.41) is 4.08. The Hall–Kier alpha value is -2.22. The third-order valence-electron chi connectivity index (χ3n) is 4.91. The average molecular weight is 414 g/mol. The minimum absolute atomic E-state index is 0.0582. The summed E-state index contributed by atoms with van der Waals surface area (Å²) >= 11 is 1.57. The van der Waals surface area contributed by atoms with Crippen molar-refractivity contribution in [3.8, 4) is 5.75 Å². The second-order valence-corrected chi connectivity index (χ2v) is 9.42. The third-order valence-corrected chi connectivity index (χ3v) is 6.01. The number of nitrogens with zero attached hydrogens (tertiary/aromatic N) is 1. The zero-order valence-corrected chi connectivity index (χ0v) is 18.1. The van der Waals surface area contributed by atoms with Gasteiger partial charge in [-0.05, 0) is 51.0 Å². The van der Waals surface area contributed by atoms with Gasteiger partial charge in [-0.15, -0.1) is 11.3 Å². The highest BCUT2D eigenvalue weighted by molar-refractivity contribution is 7.18. The molecule has 0 saturated heterocycles. The lowest BCUT2D eigenvalue weighted by Crippen LogP contribution is -2.31. The molecule has 0 fully saturated rings. The predicted molar refractivity (Wildman–Crippen MR) is 116 cm³/mol. The van der Waals surface area contributed by atoms with Crippen molar-refractivity contribution in [3.63, 3.8) is 0 Å². The summed E-state index contributed by atoms with van der Waals surface area (Å²) in [5.74, 6) is 1.52. The zero-order chi connectivity index (χ0) is 20.6. The van der Waals surface area contributed by atoms with Gasteiger partial charge in [0.05, 0.1) is 30.2 Å². The number of hydrogen-bond acceptors (Lipinski definition) is 6. The Labute approximate surface area is 174 Å². The molecule has 0 saturated carbocycles. The van der Waals surface area contributed by atoms with Crippen molar-refractivity contribution in [1.29, 1.82) is 0 Å². The van der Waals surface area contributed by atoms with Crippen molar-refractivity contribution in [2.75, 3.05) is 0 Å². The number of aromatic amines is 1. The predicted octanol–water partition coefficient (Wildman–Crippen LogP) is 3.91. The summed E-state index contributed by atoms with van der Waals surface area (Å²) in [4.78, 5) is 22.3. The molecular formula is C22H27N3O3S. The molecule has 3 heterocycles. The molecule has 0 unspecified atom stereocenters. The van der Waals surface area contributed by atoms with Gasteiger partial charge in [0.2, 0.25) is 0 Å². The van der Waals surface area contributed by atoms with Gasteiger partial charge < -0.3 is 19.8 Å². The highest BCUT2D eigenvalue weighted by atomic mass is 32.1. The molecule has 29 heavy (non-hydrogen) atoms. The normalized spacial score (nSPS) is 15.6. The molecule has 4 rings (SSSR count). The number of aromatic nitrogens is 2. The van der Waals surface area contributed by atoms with Crippen LogP contribution in [0.4, 0.5) is 0 Å². The van der Waals surface area contributed by atoms with E-state index in [1.54, 1.807) is 11.3 Å². The van der Waals surface area contributed by atoms with E-state index < -0.39 is 0 Å². The second kappa shape index (κ2) is 7.89. The Morgan fingerprint density at radius 2 is 2.03 bits per heavy atom. The highest BCUT2D eigenvalue weighted by Crippen LogP contribution is 2.36. The van der Waals surface area contributed by atoms with Crippen LogP contribution >= 0.6 is 11.3 Å².